The number of carbonyl (C=O) groups excluding carboxylic acids is 2. The molecule has 2 aliphatic rings. The lowest BCUT2D eigenvalue weighted by Crippen LogP contribution is -2.48. The van der Waals surface area contributed by atoms with E-state index in [9.17, 15) is 9.59 Å². The van der Waals surface area contributed by atoms with Crippen LogP contribution in [0.2, 0.25) is 0 Å². The van der Waals surface area contributed by atoms with Crippen LogP contribution in [-0.4, -0.2) is 41.8 Å². The van der Waals surface area contributed by atoms with E-state index in [2.05, 4.69) is 0 Å². The Hall–Kier alpha value is -1.88. The normalized spacial score (nSPS) is 27.4. The molecule has 0 saturated carbocycles. The molecule has 2 aliphatic heterocycles. The van der Waals surface area contributed by atoms with Gasteiger partial charge in [-0.15, -0.1) is 0 Å². The largest absolute Gasteiger partial charge is 0.439 e. The van der Waals surface area contributed by atoms with Crippen molar-refractivity contribution in [2.45, 2.75) is 58.4 Å². The molecule has 3 atom stereocenters. The number of esters is 1. The van der Waals surface area contributed by atoms with Gasteiger partial charge >= 0.3 is 5.97 Å². The van der Waals surface area contributed by atoms with E-state index in [1.54, 1.807) is 17.0 Å². The van der Waals surface area contributed by atoms with Crippen LogP contribution >= 0.6 is 0 Å². The van der Waals surface area contributed by atoms with Gasteiger partial charge in [-0.1, -0.05) is 39.0 Å². The van der Waals surface area contributed by atoms with E-state index in [0.717, 1.165) is 19.4 Å². The van der Waals surface area contributed by atoms with Gasteiger partial charge in [0.05, 0.1) is 6.10 Å². The average Bonchev–Trinajstić information content (AvgIpc) is 3.16. The second kappa shape index (κ2) is 6.55. The minimum Gasteiger partial charge on any atom is -0.439 e. The first-order valence-electron chi connectivity index (χ1n) is 8.58. The minimum absolute atomic E-state index is 0.0207. The maximum Gasteiger partial charge on any atom is 0.331 e. The smallest absolute Gasteiger partial charge is 0.331 e. The summed E-state index contributed by atoms with van der Waals surface area (Å²) in [7, 11) is 0. The van der Waals surface area contributed by atoms with Gasteiger partial charge in [-0.3, -0.25) is 9.69 Å². The van der Waals surface area contributed by atoms with Crippen molar-refractivity contribution in [1.82, 2.24) is 4.90 Å². The zero-order chi connectivity index (χ0) is 17.3. The molecule has 5 nitrogen and oxygen atoms in total. The molecule has 2 heterocycles. The standard InChI is InChI=1S/C19H25NO4/c1-19(2,3)18-20(16(21)13-8-5-4-6-9-13)15(17(22)24-18)12-14-10-7-11-23-14/h4-6,8-9,14-15,18H,7,10-12H2,1-3H3/t14?,15?,18-/m0/s1. The van der Waals surface area contributed by atoms with Crippen LogP contribution in [0.3, 0.4) is 0 Å². The van der Waals surface area contributed by atoms with E-state index in [4.69, 9.17) is 9.47 Å². The lowest BCUT2D eigenvalue weighted by atomic mass is 9.92. The van der Waals surface area contributed by atoms with Crippen molar-refractivity contribution in [3.05, 3.63) is 35.9 Å². The molecule has 5 heteroatoms. The molecule has 1 aromatic carbocycles. The van der Waals surface area contributed by atoms with Crippen LogP contribution in [-0.2, 0) is 14.3 Å². The number of cyclic esters (lactones) is 1. The first-order valence-corrected chi connectivity index (χ1v) is 8.58. The van der Waals surface area contributed by atoms with Gasteiger partial charge in [0.25, 0.3) is 5.91 Å². The fourth-order valence-electron chi connectivity index (χ4n) is 3.38. The van der Waals surface area contributed by atoms with E-state index in [0.29, 0.717) is 12.0 Å². The van der Waals surface area contributed by atoms with Crippen molar-refractivity contribution < 1.29 is 19.1 Å². The summed E-state index contributed by atoms with van der Waals surface area (Å²) in [6.45, 7) is 6.65. The third kappa shape index (κ3) is 3.31. The highest BCUT2D eigenvalue weighted by Crippen LogP contribution is 2.36. The fourth-order valence-corrected chi connectivity index (χ4v) is 3.38. The monoisotopic (exact) mass is 331 g/mol. The molecule has 1 aromatic rings. The Kier molecular flexibility index (Phi) is 4.63. The summed E-state index contributed by atoms with van der Waals surface area (Å²) in [6, 6.07) is 8.49. The van der Waals surface area contributed by atoms with E-state index >= 15 is 0 Å². The van der Waals surface area contributed by atoms with Gasteiger partial charge in [0.1, 0.15) is 6.04 Å². The zero-order valence-electron chi connectivity index (χ0n) is 14.5. The van der Waals surface area contributed by atoms with Crippen LogP contribution in [0.5, 0.6) is 0 Å². The molecule has 2 saturated heterocycles. The van der Waals surface area contributed by atoms with Gasteiger partial charge in [0, 0.05) is 24.0 Å². The van der Waals surface area contributed by atoms with Crippen LogP contribution in [0.25, 0.3) is 0 Å². The summed E-state index contributed by atoms with van der Waals surface area (Å²) in [4.78, 5) is 27.2. The first kappa shape index (κ1) is 17.0. The molecule has 3 rings (SSSR count). The summed E-state index contributed by atoms with van der Waals surface area (Å²) in [6.07, 6.45) is 1.89. The van der Waals surface area contributed by atoms with Crippen molar-refractivity contribution in [3.63, 3.8) is 0 Å². The summed E-state index contributed by atoms with van der Waals surface area (Å²) in [5.74, 6) is -0.487. The topological polar surface area (TPSA) is 55.8 Å². The van der Waals surface area contributed by atoms with E-state index in [1.165, 1.54) is 0 Å². The maximum absolute atomic E-state index is 13.1. The number of rotatable bonds is 3. The van der Waals surface area contributed by atoms with Gasteiger partial charge < -0.3 is 9.47 Å². The van der Waals surface area contributed by atoms with Crippen LogP contribution in [0, 0.1) is 5.41 Å². The summed E-state index contributed by atoms with van der Waals surface area (Å²) >= 11 is 0. The summed E-state index contributed by atoms with van der Waals surface area (Å²) in [5, 5.41) is 0. The molecule has 0 N–H and O–H groups in total. The van der Waals surface area contributed by atoms with Crippen LogP contribution < -0.4 is 0 Å². The van der Waals surface area contributed by atoms with Gasteiger partial charge in [-0.25, -0.2) is 4.79 Å². The van der Waals surface area contributed by atoms with Crippen molar-refractivity contribution in [1.29, 1.82) is 0 Å². The molecule has 24 heavy (non-hydrogen) atoms. The van der Waals surface area contributed by atoms with E-state index in [1.807, 2.05) is 39.0 Å². The number of amides is 1. The van der Waals surface area contributed by atoms with Crippen LogP contribution in [0.1, 0.15) is 50.4 Å². The Morgan fingerprint density at radius 3 is 2.54 bits per heavy atom. The van der Waals surface area contributed by atoms with Gasteiger partial charge in [0.15, 0.2) is 6.23 Å². The third-order valence-corrected chi connectivity index (χ3v) is 4.59. The minimum atomic E-state index is -0.579. The van der Waals surface area contributed by atoms with Crippen molar-refractivity contribution in [2.75, 3.05) is 6.61 Å². The Balaban J connectivity index is 1.90. The lowest BCUT2D eigenvalue weighted by molar-refractivity contribution is -0.147. The third-order valence-electron chi connectivity index (χ3n) is 4.59. The second-order valence-corrected chi connectivity index (χ2v) is 7.62. The molecule has 0 bridgehead atoms. The van der Waals surface area contributed by atoms with Crippen molar-refractivity contribution in [2.24, 2.45) is 5.41 Å². The molecule has 0 radical (unpaired) electrons. The van der Waals surface area contributed by atoms with Crippen molar-refractivity contribution in [3.8, 4) is 0 Å². The number of hydrogen-bond acceptors (Lipinski definition) is 4. The lowest BCUT2D eigenvalue weighted by Gasteiger charge is -2.34. The second-order valence-electron chi connectivity index (χ2n) is 7.62. The molecule has 1 amide bonds. The molecular formula is C19H25NO4. The highest BCUT2D eigenvalue weighted by Gasteiger charge is 2.50. The first-order chi connectivity index (χ1) is 11.4. The fraction of sp³-hybridized carbons (Fsp3) is 0.579. The van der Waals surface area contributed by atoms with Crippen LogP contribution in [0.15, 0.2) is 30.3 Å². The number of nitrogens with zero attached hydrogens (tertiary/aromatic N) is 1. The number of hydrogen-bond donors (Lipinski definition) is 0. The van der Waals surface area contributed by atoms with Gasteiger partial charge in [-0.05, 0) is 25.0 Å². The van der Waals surface area contributed by atoms with Gasteiger partial charge in [-0.2, -0.15) is 0 Å². The Labute approximate surface area is 142 Å². The molecule has 0 spiro atoms. The molecule has 0 aromatic heterocycles. The van der Waals surface area contributed by atoms with E-state index < -0.39 is 12.3 Å². The Morgan fingerprint density at radius 2 is 1.96 bits per heavy atom. The van der Waals surface area contributed by atoms with Crippen LogP contribution in [0.4, 0.5) is 0 Å². The molecule has 0 aliphatic carbocycles. The highest BCUT2D eigenvalue weighted by atomic mass is 16.6. The summed E-state index contributed by atoms with van der Waals surface area (Å²) in [5.41, 5.74) is 0.216. The predicted octanol–water partition coefficient (Wildman–Crippen LogP) is 3.00. The molecular weight excluding hydrogens is 306 g/mol. The molecule has 2 fully saturated rings. The van der Waals surface area contributed by atoms with Gasteiger partial charge in [0.2, 0.25) is 0 Å². The predicted molar refractivity (Wildman–Crippen MR) is 89.3 cm³/mol. The number of benzene rings is 1. The van der Waals surface area contributed by atoms with E-state index in [-0.39, 0.29) is 23.4 Å². The number of carbonyl (C=O) groups is 2. The zero-order valence-corrected chi connectivity index (χ0v) is 14.5. The SMILES string of the molecule is CC(C)(C)[C@@H]1OC(=O)C(CC2CCCO2)N1C(=O)c1ccccc1. The Morgan fingerprint density at radius 1 is 1.25 bits per heavy atom. The number of ether oxygens (including phenoxy) is 2. The van der Waals surface area contributed by atoms with Crippen molar-refractivity contribution >= 4 is 11.9 Å². The highest BCUT2D eigenvalue weighted by molar-refractivity contribution is 5.98. The Bertz CT molecular complexity index is 602. The summed E-state index contributed by atoms with van der Waals surface area (Å²) < 4.78 is 11.3. The molecule has 130 valence electrons. The maximum atomic E-state index is 13.1. The average molecular weight is 331 g/mol. The quantitative estimate of drug-likeness (QED) is 0.799. The molecule has 2 unspecified atom stereocenters.